The lowest BCUT2D eigenvalue weighted by Crippen LogP contribution is -1.99. The van der Waals surface area contributed by atoms with E-state index in [0.29, 0.717) is 12.1 Å². The first-order valence-electron chi connectivity index (χ1n) is 5.81. The summed E-state index contributed by atoms with van der Waals surface area (Å²) in [6.45, 7) is 0.615. The molecule has 1 aromatic carbocycles. The molecule has 1 N–H and O–H groups in total. The Kier molecular flexibility index (Phi) is 2.56. The summed E-state index contributed by atoms with van der Waals surface area (Å²) in [6.07, 6.45) is 3.78. The summed E-state index contributed by atoms with van der Waals surface area (Å²) in [5.74, 6) is -0.913. The van der Waals surface area contributed by atoms with Crippen molar-refractivity contribution < 1.29 is 9.90 Å². The maximum atomic E-state index is 10.9. The van der Waals surface area contributed by atoms with Crippen molar-refractivity contribution in [3.63, 3.8) is 0 Å². The molecule has 3 rings (SSSR count). The monoisotopic (exact) mass is 256 g/mol. The number of carboxylic acids is 1. The quantitative estimate of drug-likeness (QED) is 0.771. The standard InChI is InChI=1S/C13H12N4O2/c1-16-7-11(14-15-16)8-17-5-4-9-6-10(13(18)19)2-3-12(9)17/h2-7H,8H2,1H3,(H,18,19). The van der Waals surface area contributed by atoms with Gasteiger partial charge in [0.05, 0.1) is 12.1 Å². The third kappa shape index (κ3) is 2.08. The van der Waals surface area contributed by atoms with Gasteiger partial charge in [0.1, 0.15) is 5.69 Å². The van der Waals surface area contributed by atoms with Crippen molar-refractivity contribution in [1.29, 1.82) is 0 Å². The minimum Gasteiger partial charge on any atom is -0.478 e. The van der Waals surface area contributed by atoms with E-state index in [1.54, 1.807) is 16.8 Å². The second kappa shape index (κ2) is 4.24. The summed E-state index contributed by atoms with van der Waals surface area (Å²) in [4.78, 5) is 10.9. The Bertz CT molecular complexity index is 757. The molecule has 0 bridgehead atoms. The van der Waals surface area contributed by atoms with Crippen molar-refractivity contribution in [2.75, 3.05) is 0 Å². The molecule has 0 saturated heterocycles. The zero-order chi connectivity index (χ0) is 13.4. The summed E-state index contributed by atoms with van der Waals surface area (Å²) in [7, 11) is 1.82. The Balaban J connectivity index is 1.99. The van der Waals surface area contributed by atoms with Crippen LogP contribution in [0.5, 0.6) is 0 Å². The molecule has 0 saturated carbocycles. The lowest BCUT2D eigenvalue weighted by atomic mass is 10.1. The highest BCUT2D eigenvalue weighted by atomic mass is 16.4. The Morgan fingerprint density at radius 2 is 2.21 bits per heavy atom. The van der Waals surface area contributed by atoms with E-state index in [4.69, 9.17) is 5.11 Å². The predicted molar refractivity (Wildman–Crippen MR) is 69.0 cm³/mol. The van der Waals surface area contributed by atoms with Crippen molar-refractivity contribution >= 4 is 16.9 Å². The first-order valence-corrected chi connectivity index (χ1v) is 5.81. The van der Waals surface area contributed by atoms with Crippen molar-refractivity contribution in [3.8, 4) is 0 Å². The van der Waals surface area contributed by atoms with E-state index in [1.807, 2.05) is 36.1 Å². The topological polar surface area (TPSA) is 72.9 Å². The van der Waals surface area contributed by atoms with Gasteiger partial charge in [-0.15, -0.1) is 5.10 Å². The number of hydrogen-bond acceptors (Lipinski definition) is 3. The molecule has 6 heteroatoms. The number of fused-ring (bicyclic) bond motifs is 1. The molecule has 2 heterocycles. The van der Waals surface area contributed by atoms with E-state index in [-0.39, 0.29) is 0 Å². The summed E-state index contributed by atoms with van der Waals surface area (Å²) >= 11 is 0. The third-order valence-electron chi connectivity index (χ3n) is 3.00. The molecule has 0 unspecified atom stereocenters. The SMILES string of the molecule is Cn1cc(Cn2ccc3cc(C(=O)O)ccc32)nn1. The third-order valence-corrected chi connectivity index (χ3v) is 3.00. The zero-order valence-electron chi connectivity index (χ0n) is 10.3. The molecular weight excluding hydrogens is 244 g/mol. The highest BCUT2D eigenvalue weighted by Gasteiger charge is 2.07. The number of aromatic nitrogens is 4. The van der Waals surface area contributed by atoms with Gasteiger partial charge in [0, 0.05) is 30.3 Å². The smallest absolute Gasteiger partial charge is 0.335 e. The van der Waals surface area contributed by atoms with Gasteiger partial charge >= 0.3 is 5.97 Å². The Labute approximate surface area is 108 Å². The number of benzene rings is 1. The summed E-state index contributed by atoms with van der Waals surface area (Å²) in [5.41, 5.74) is 2.14. The van der Waals surface area contributed by atoms with Gasteiger partial charge in [-0.2, -0.15) is 0 Å². The second-order valence-electron chi connectivity index (χ2n) is 4.41. The molecule has 0 aliphatic carbocycles. The number of aryl methyl sites for hydroxylation is 1. The van der Waals surface area contributed by atoms with Crippen molar-refractivity contribution in [2.24, 2.45) is 7.05 Å². The number of rotatable bonds is 3. The Hall–Kier alpha value is -2.63. The highest BCUT2D eigenvalue weighted by molar-refractivity contribution is 5.93. The lowest BCUT2D eigenvalue weighted by molar-refractivity contribution is 0.0697. The molecule has 96 valence electrons. The first kappa shape index (κ1) is 11.5. The van der Waals surface area contributed by atoms with Crippen LogP contribution in [0.1, 0.15) is 16.1 Å². The van der Waals surface area contributed by atoms with E-state index in [0.717, 1.165) is 16.6 Å². The predicted octanol–water partition coefficient (Wildman–Crippen LogP) is 1.52. The van der Waals surface area contributed by atoms with Crippen LogP contribution in [0.4, 0.5) is 0 Å². The second-order valence-corrected chi connectivity index (χ2v) is 4.41. The molecule has 19 heavy (non-hydrogen) atoms. The van der Waals surface area contributed by atoms with E-state index in [1.165, 1.54) is 0 Å². The molecule has 0 atom stereocenters. The van der Waals surface area contributed by atoms with Crippen LogP contribution < -0.4 is 0 Å². The zero-order valence-corrected chi connectivity index (χ0v) is 10.3. The summed E-state index contributed by atoms with van der Waals surface area (Å²) < 4.78 is 3.68. The molecule has 0 amide bonds. The van der Waals surface area contributed by atoms with Crippen molar-refractivity contribution in [3.05, 3.63) is 47.9 Å². The van der Waals surface area contributed by atoms with Crippen LogP contribution in [0.3, 0.4) is 0 Å². The van der Waals surface area contributed by atoms with Gasteiger partial charge in [0.25, 0.3) is 0 Å². The maximum Gasteiger partial charge on any atom is 0.335 e. The largest absolute Gasteiger partial charge is 0.478 e. The number of hydrogen-bond donors (Lipinski definition) is 1. The fourth-order valence-corrected chi connectivity index (χ4v) is 2.11. The van der Waals surface area contributed by atoms with Crippen molar-refractivity contribution in [2.45, 2.75) is 6.54 Å². The molecule has 2 aromatic heterocycles. The minimum absolute atomic E-state index is 0.296. The average Bonchev–Trinajstić information content (AvgIpc) is 2.96. The maximum absolute atomic E-state index is 10.9. The Morgan fingerprint density at radius 1 is 1.37 bits per heavy atom. The van der Waals surface area contributed by atoms with Gasteiger partial charge in [0.15, 0.2) is 0 Å². The van der Waals surface area contributed by atoms with Gasteiger partial charge in [-0.05, 0) is 24.3 Å². The number of carboxylic acid groups (broad SMARTS) is 1. The Morgan fingerprint density at radius 3 is 2.89 bits per heavy atom. The van der Waals surface area contributed by atoms with Crippen LogP contribution >= 0.6 is 0 Å². The molecular formula is C13H12N4O2. The fraction of sp³-hybridized carbons (Fsp3) is 0.154. The van der Waals surface area contributed by atoms with Crippen LogP contribution in [-0.2, 0) is 13.6 Å². The van der Waals surface area contributed by atoms with Crippen LogP contribution in [0, 0.1) is 0 Å². The van der Waals surface area contributed by atoms with Crippen LogP contribution in [-0.4, -0.2) is 30.6 Å². The molecule has 0 aliphatic heterocycles. The molecule has 0 aliphatic rings. The van der Waals surface area contributed by atoms with Gasteiger partial charge in [-0.25, -0.2) is 4.79 Å². The van der Waals surface area contributed by atoms with Gasteiger partial charge in [0.2, 0.25) is 0 Å². The van der Waals surface area contributed by atoms with Gasteiger partial charge < -0.3 is 9.67 Å². The van der Waals surface area contributed by atoms with E-state index < -0.39 is 5.97 Å². The number of aromatic carboxylic acids is 1. The summed E-state index contributed by atoms with van der Waals surface area (Å²) in [6, 6.07) is 7.00. The highest BCUT2D eigenvalue weighted by Crippen LogP contribution is 2.18. The molecule has 0 spiro atoms. The molecule has 0 radical (unpaired) electrons. The van der Waals surface area contributed by atoms with E-state index >= 15 is 0 Å². The normalized spacial score (nSPS) is 11.0. The number of nitrogens with zero attached hydrogens (tertiary/aromatic N) is 4. The number of carbonyl (C=O) groups is 1. The summed E-state index contributed by atoms with van der Waals surface area (Å²) in [5, 5.41) is 17.8. The molecule has 6 nitrogen and oxygen atoms in total. The molecule has 0 fully saturated rings. The van der Waals surface area contributed by atoms with Crippen LogP contribution in [0.2, 0.25) is 0 Å². The van der Waals surface area contributed by atoms with Crippen molar-refractivity contribution in [1.82, 2.24) is 19.6 Å². The van der Waals surface area contributed by atoms with E-state index in [2.05, 4.69) is 10.3 Å². The minimum atomic E-state index is -0.913. The van der Waals surface area contributed by atoms with E-state index in [9.17, 15) is 4.79 Å². The first-order chi connectivity index (χ1) is 9.13. The van der Waals surface area contributed by atoms with Crippen LogP contribution in [0.25, 0.3) is 10.9 Å². The average molecular weight is 256 g/mol. The lowest BCUT2D eigenvalue weighted by Gasteiger charge is -2.02. The molecule has 3 aromatic rings. The van der Waals surface area contributed by atoms with Gasteiger partial charge in [-0.3, -0.25) is 4.68 Å². The van der Waals surface area contributed by atoms with Crippen LogP contribution in [0.15, 0.2) is 36.7 Å². The van der Waals surface area contributed by atoms with Gasteiger partial charge in [-0.1, -0.05) is 5.21 Å². The fourth-order valence-electron chi connectivity index (χ4n) is 2.11.